The molecule has 0 spiro atoms. The minimum Gasteiger partial charge on any atom is -0.352 e. The highest BCUT2D eigenvalue weighted by atomic mass is 32.2. The molecule has 2 unspecified atom stereocenters. The lowest BCUT2D eigenvalue weighted by atomic mass is 9.90. The van der Waals surface area contributed by atoms with Crippen LogP contribution in [0.25, 0.3) is 0 Å². The van der Waals surface area contributed by atoms with Gasteiger partial charge < -0.3 is 5.32 Å². The van der Waals surface area contributed by atoms with Gasteiger partial charge >= 0.3 is 0 Å². The summed E-state index contributed by atoms with van der Waals surface area (Å²) >= 11 is 0. The number of piperidine rings is 1. The van der Waals surface area contributed by atoms with Gasteiger partial charge in [0, 0.05) is 13.1 Å². The smallest absolute Gasteiger partial charge is 0.243 e. The molecule has 3 aromatic carbocycles. The predicted octanol–water partition coefficient (Wildman–Crippen LogP) is 4.28. The fourth-order valence-electron chi connectivity index (χ4n) is 4.09. The van der Waals surface area contributed by atoms with E-state index in [2.05, 4.69) is 5.32 Å². The summed E-state index contributed by atoms with van der Waals surface area (Å²) < 4.78 is 41.9. The third-order valence-electron chi connectivity index (χ3n) is 5.82. The second-order valence-corrected chi connectivity index (χ2v) is 9.82. The van der Waals surface area contributed by atoms with E-state index < -0.39 is 22.0 Å². The Hall–Kier alpha value is -3.03. The molecule has 5 nitrogen and oxygen atoms in total. The van der Waals surface area contributed by atoms with Gasteiger partial charge in [0.15, 0.2) is 0 Å². The SMILES string of the molecule is O=C(NCc1ccccc1)C1CCC(c2ccc(F)cc2)N(S(=O)(=O)c2ccccc2)C1. The maximum absolute atomic E-state index is 13.5. The largest absolute Gasteiger partial charge is 0.352 e. The van der Waals surface area contributed by atoms with Crippen LogP contribution in [0.1, 0.15) is 30.0 Å². The van der Waals surface area contributed by atoms with Gasteiger partial charge in [0.25, 0.3) is 0 Å². The van der Waals surface area contributed by atoms with Gasteiger partial charge in [-0.25, -0.2) is 12.8 Å². The zero-order chi connectivity index (χ0) is 22.6. The van der Waals surface area contributed by atoms with Crippen molar-refractivity contribution in [2.75, 3.05) is 6.54 Å². The van der Waals surface area contributed by atoms with Crippen LogP contribution in [-0.4, -0.2) is 25.2 Å². The Morgan fingerprint density at radius 3 is 2.19 bits per heavy atom. The Kier molecular flexibility index (Phi) is 6.67. The minimum absolute atomic E-state index is 0.0693. The highest BCUT2D eigenvalue weighted by molar-refractivity contribution is 7.89. The first kappa shape index (κ1) is 22.2. The lowest BCUT2D eigenvalue weighted by molar-refractivity contribution is -0.126. The summed E-state index contributed by atoms with van der Waals surface area (Å²) in [7, 11) is -3.84. The van der Waals surface area contributed by atoms with Crippen LogP contribution in [0.2, 0.25) is 0 Å². The first-order chi connectivity index (χ1) is 15.4. The van der Waals surface area contributed by atoms with Crippen molar-refractivity contribution in [3.63, 3.8) is 0 Å². The molecule has 3 aromatic rings. The maximum Gasteiger partial charge on any atom is 0.243 e. The van der Waals surface area contributed by atoms with Gasteiger partial charge in [0.05, 0.1) is 16.9 Å². The van der Waals surface area contributed by atoms with Crippen LogP contribution in [-0.2, 0) is 21.4 Å². The standard InChI is InChI=1S/C25H25FN2O3S/c26-22-14-11-20(12-15-22)24-16-13-21(25(29)27-17-19-7-3-1-4-8-19)18-28(24)32(30,31)23-9-5-2-6-10-23/h1-12,14-15,21,24H,13,16-18H2,(H,27,29). The molecule has 7 heteroatoms. The van der Waals surface area contributed by atoms with Gasteiger partial charge in [-0.1, -0.05) is 60.7 Å². The minimum atomic E-state index is -3.84. The summed E-state index contributed by atoms with van der Waals surface area (Å²) in [6.07, 6.45) is 1.02. The fourth-order valence-corrected chi connectivity index (χ4v) is 5.80. The Bertz CT molecular complexity index is 1150. The molecule has 0 radical (unpaired) electrons. The number of amides is 1. The second-order valence-electron chi connectivity index (χ2n) is 7.93. The quantitative estimate of drug-likeness (QED) is 0.607. The van der Waals surface area contributed by atoms with Crippen LogP contribution in [0.3, 0.4) is 0 Å². The maximum atomic E-state index is 13.5. The van der Waals surface area contributed by atoms with Crippen molar-refractivity contribution in [2.45, 2.75) is 30.3 Å². The lowest BCUT2D eigenvalue weighted by Crippen LogP contribution is -2.46. The van der Waals surface area contributed by atoms with Crippen molar-refractivity contribution in [1.82, 2.24) is 9.62 Å². The van der Waals surface area contributed by atoms with Crippen LogP contribution >= 0.6 is 0 Å². The first-order valence-electron chi connectivity index (χ1n) is 10.6. The van der Waals surface area contributed by atoms with Crippen LogP contribution in [0.15, 0.2) is 89.8 Å². The number of rotatable bonds is 6. The van der Waals surface area contributed by atoms with Crippen molar-refractivity contribution >= 4 is 15.9 Å². The molecule has 1 heterocycles. The number of nitrogens with zero attached hydrogens (tertiary/aromatic N) is 1. The number of hydrogen-bond acceptors (Lipinski definition) is 3. The van der Waals surface area contributed by atoms with Gasteiger partial charge in [-0.3, -0.25) is 4.79 Å². The Morgan fingerprint density at radius 1 is 0.906 bits per heavy atom. The van der Waals surface area contributed by atoms with Gasteiger partial charge in [-0.2, -0.15) is 4.31 Å². The van der Waals surface area contributed by atoms with Crippen molar-refractivity contribution in [2.24, 2.45) is 5.92 Å². The molecule has 1 fully saturated rings. The number of benzene rings is 3. The molecular weight excluding hydrogens is 427 g/mol. The normalized spacial score (nSPS) is 19.4. The zero-order valence-electron chi connectivity index (χ0n) is 17.5. The molecule has 4 rings (SSSR count). The van der Waals surface area contributed by atoms with Gasteiger partial charge in [-0.15, -0.1) is 0 Å². The summed E-state index contributed by atoms with van der Waals surface area (Å²) in [6.45, 7) is 0.461. The number of carbonyl (C=O) groups is 1. The van der Waals surface area contributed by atoms with E-state index in [4.69, 9.17) is 0 Å². The zero-order valence-corrected chi connectivity index (χ0v) is 18.3. The van der Waals surface area contributed by atoms with Crippen LogP contribution in [0.4, 0.5) is 4.39 Å². The van der Waals surface area contributed by atoms with Crippen LogP contribution in [0.5, 0.6) is 0 Å². The van der Waals surface area contributed by atoms with E-state index in [1.807, 2.05) is 30.3 Å². The molecular formula is C25H25FN2O3S. The average molecular weight is 453 g/mol. The van der Waals surface area contributed by atoms with E-state index in [1.165, 1.54) is 16.4 Å². The first-order valence-corrected chi connectivity index (χ1v) is 12.0. The number of halogens is 1. The predicted molar refractivity (Wildman–Crippen MR) is 120 cm³/mol. The number of nitrogens with one attached hydrogen (secondary N) is 1. The fraction of sp³-hybridized carbons (Fsp3) is 0.240. The Balaban J connectivity index is 1.58. The second kappa shape index (κ2) is 9.63. The summed E-state index contributed by atoms with van der Waals surface area (Å²) in [5.41, 5.74) is 1.70. The molecule has 0 saturated carbocycles. The van der Waals surface area contributed by atoms with E-state index in [-0.39, 0.29) is 23.2 Å². The molecule has 32 heavy (non-hydrogen) atoms. The molecule has 1 amide bonds. The molecule has 1 N–H and O–H groups in total. The molecule has 0 bridgehead atoms. The molecule has 166 valence electrons. The number of hydrogen-bond donors (Lipinski definition) is 1. The Morgan fingerprint density at radius 2 is 1.53 bits per heavy atom. The molecule has 2 atom stereocenters. The third-order valence-corrected chi connectivity index (χ3v) is 7.71. The topological polar surface area (TPSA) is 66.5 Å². The molecule has 0 aliphatic carbocycles. The van der Waals surface area contributed by atoms with E-state index in [0.29, 0.717) is 24.9 Å². The van der Waals surface area contributed by atoms with Gasteiger partial charge in [0.1, 0.15) is 5.82 Å². The molecule has 1 saturated heterocycles. The monoisotopic (exact) mass is 452 g/mol. The van der Waals surface area contributed by atoms with Crippen molar-refractivity contribution in [3.8, 4) is 0 Å². The van der Waals surface area contributed by atoms with Crippen molar-refractivity contribution < 1.29 is 17.6 Å². The van der Waals surface area contributed by atoms with E-state index in [1.54, 1.807) is 42.5 Å². The van der Waals surface area contributed by atoms with Crippen molar-refractivity contribution in [3.05, 3.63) is 102 Å². The Labute approximate surface area is 187 Å². The molecule has 1 aliphatic rings. The summed E-state index contributed by atoms with van der Waals surface area (Å²) in [5.74, 6) is -1.01. The van der Waals surface area contributed by atoms with E-state index in [0.717, 1.165) is 5.56 Å². The highest BCUT2D eigenvalue weighted by Gasteiger charge is 2.40. The molecule has 0 aromatic heterocycles. The van der Waals surface area contributed by atoms with E-state index >= 15 is 0 Å². The van der Waals surface area contributed by atoms with Crippen LogP contribution < -0.4 is 5.32 Å². The number of carbonyl (C=O) groups excluding carboxylic acids is 1. The third kappa shape index (κ3) is 4.89. The lowest BCUT2D eigenvalue weighted by Gasteiger charge is -2.38. The van der Waals surface area contributed by atoms with Gasteiger partial charge in [0.2, 0.25) is 15.9 Å². The highest BCUT2D eigenvalue weighted by Crippen LogP contribution is 2.37. The van der Waals surface area contributed by atoms with Gasteiger partial charge in [-0.05, 0) is 48.2 Å². The van der Waals surface area contributed by atoms with Crippen molar-refractivity contribution in [1.29, 1.82) is 0 Å². The number of sulfonamides is 1. The average Bonchev–Trinajstić information content (AvgIpc) is 2.84. The van der Waals surface area contributed by atoms with Crippen LogP contribution in [0, 0.1) is 11.7 Å². The summed E-state index contributed by atoms with van der Waals surface area (Å²) in [4.78, 5) is 13.1. The molecule has 1 aliphatic heterocycles. The van der Waals surface area contributed by atoms with E-state index in [9.17, 15) is 17.6 Å². The summed E-state index contributed by atoms with van der Waals surface area (Å²) in [6, 6.07) is 23.2. The summed E-state index contributed by atoms with van der Waals surface area (Å²) in [5, 5.41) is 2.93.